The zero-order valence-corrected chi connectivity index (χ0v) is 10.8. The molecule has 1 aromatic heterocycles. The Kier molecular flexibility index (Phi) is 4.13. The van der Waals surface area contributed by atoms with Gasteiger partial charge >= 0.3 is 0 Å². The number of aromatic nitrogens is 1. The maximum atomic E-state index is 12.1. The summed E-state index contributed by atoms with van der Waals surface area (Å²) in [5.41, 5.74) is 1.59. The summed E-state index contributed by atoms with van der Waals surface area (Å²) >= 11 is 0. The van der Waals surface area contributed by atoms with Crippen molar-refractivity contribution in [2.75, 3.05) is 13.6 Å². The minimum Gasteiger partial charge on any atom is -0.506 e. The zero-order chi connectivity index (χ0) is 13.7. The summed E-state index contributed by atoms with van der Waals surface area (Å²) in [5.74, 6) is -0.137. The number of aromatic hydroxyl groups is 1. The fourth-order valence-electron chi connectivity index (χ4n) is 1.81. The number of hydrogen-bond acceptors (Lipinski definition) is 3. The van der Waals surface area contributed by atoms with Crippen LogP contribution in [0, 0.1) is 0 Å². The van der Waals surface area contributed by atoms with Crippen LogP contribution in [0.3, 0.4) is 0 Å². The molecule has 0 saturated heterocycles. The van der Waals surface area contributed by atoms with E-state index in [1.165, 1.54) is 24.0 Å². The Morgan fingerprint density at radius 3 is 2.68 bits per heavy atom. The molecule has 4 nitrogen and oxygen atoms in total. The van der Waals surface area contributed by atoms with E-state index in [0.717, 1.165) is 6.42 Å². The molecule has 0 atom stereocenters. The summed E-state index contributed by atoms with van der Waals surface area (Å²) in [4.78, 5) is 17.5. The summed E-state index contributed by atoms with van der Waals surface area (Å²) in [6, 6.07) is 11.4. The fraction of sp³-hybridized carbons (Fsp3) is 0.200. The molecule has 0 aliphatic heterocycles. The standard InChI is InChI=1S/C15H16N2O2/c1-17(8-7-12-5-3-2-4-6-12)15(19)13-9-14(18)11-16-10-13/h2-6,9-11,18H,7-8H2,1H3. The molecule has 19 heavy (non-hydrogen) atoms. The lowest BCUT2D eigenvalue weighted by Gasteiger charge is -2.17. The third kappa shape index (κ3) is 3.55. The molecule has 1 aromatic carbocycles. The van der Waals surface area contributed by atoms with Gasteiger partial charge in [0.25, 0.3) is 5.91 Å². The normalized spacial score (nSPS) is 10.2. The van der Waals surface area contributed by atoms with Gasteiger partial charge in [-0.1, -0.05) is 30.3 Å². The van der Waals surface area contributed by atoms with Crippen molar-refractivity contribution in [3.8, 4) is 5.75 Å². The molecule has 0 unspecified atom stereocenters. The first kappa shape index (κ1) is 13.1. The molecule has 0 radical (unpaired) electrons. The lowest BCUT2D eigenvalue weighted by Crippen LogP contribution is -2.28. The quantitative estimate of drug-likeness (QED) is 0.911. The van der Waals surface area contributed by atoms with Crippen molar-refractivity contribution < 1.29 is 9.90 Å². The van der Waals surface area contributed by atoms with Crippen molar-refractivity contribution >= 4 is 5.91 Å². The Morgan fingerprint density at radius 2 is 2.00 bits per heavy atom. The van der Waals surface area contributed by atoms with E-state index >= 15 is 0 Å². The Bertz CT molecular complexity index is 555. The van der Waals surface area contributed by atoms with Gasteiger partial charge < -0.3 is 10.0 Å². The molecule has 0 bridgehead atoms. The van der Waals surface area contributed by atoms with Crippen LogP contribution in [0.5, 0.6) is 5.75 Å². The molecule has 1 heterocycles. The molecule has 2 aromatic rings. The summed E-state index contributed by atoms with van der Waals surface area (Å²) in [5, 5.41) is 9.32. The van der Waals surface area contributed by atoms with E-state index in [9.17, 15) is 9.90 Å². The van der Waals surface area contributed by atoms with Crippen molar-refractivity contribution in [3.05, 3.63) is 59.9 Å². The summed E-state index contributed by atoms with van der Waals surface area (Å²) in [6.45, 7) is 0.624. The molecule has 1 N–H and O–H groups in total. The first-order valence-corrected chi connectivity index (χ1v) is 6.10. The summed E-state index contributed by atoms with van der Waals surface area (Å²) in [7, 11) is 1.75. The van der Waals surface area contributed by atoms with Gasteiger partial charge in [0.05, 0.1) is 11.8 Å². The van der Waals surface area contributed by atoms with Gasteiger partial charge in [0.1, 0.15) is 5.75 Å². The number of carbonyl (C=O) groups is 1. The fourth-order valence-corrected chi connectivity index (χ4v) is 1.81. The van der Waals surface area contributed by atoms with Crippen LogP contribution in [0.2, 0.25) is 0 Å². The van der Waals surface area contributed by atoms with E-state index in [4.69, 9.17) is 0 Å². The van der Waals surface area contributed by atoms with Gasteiger partial charge in [-0.3, -0.25) is 9.78 Å². The van der Waals surface area contributed by atoms with Crippen molar-refractivity contribution in [1.29, 1.82) is 0 Å². The largest absolute Gasteiger partial charge is 0.506 e. The highest BCUT2D eigenvalue weighted by atomic mass is 16.3. The second-order valence-corrected chi connectivity index (χ2v) is 4.39. The van der Waals surface area contributed by atoms with Gasteiger partial charge in [-0.25, -0.2) is 0 Å². The third-order valence-corrected chi connectivity index (χ3v) is 2.90. The molecule has 0 spiro atoms. The van der Waals surface area contributed by atoms with Gasteiger partial charge in [0.15, 0.2) is 0 Å². The zero-order valence-electron chi connectivity index (χ0n) is 10.8. The summed E-state index contributed by atoms with van der Waals surface area (Å²) < 4.78 is 0. The number of nitrogens with zero attached hydrogens (tertiary/aromatic N) is 2. The second-order valence-electron chi connectivity index (χ2n) is 4.39. The minimum atomic E-state index is -0.140. The predicted octanol–water partition coefficient (Wildman–Crippen LogP) is 2.10. The van der Waals surface area contributed by atoms with E-state index in [1.807, 2.05) is 30.3 Å². The first-order chi connectivity index (χ1) is 9.16. The Balaban J connectivity index is 1.96. The Morgan fingerprint density at radius 1 is 1.26 bits per heavy atom. The lowest BCUT2D eigenvalue weighted by molar-refractivity contribution is 0.0796. The van der Waals surface area contributed by atoms with E-state index < -0.39 is 0 Å². The molecular weight excluding hydrogens is 240 g/mol. The first-order valence-electron chi connectivity index (χ1n) is 6.10. The molecule has 0 saturated carbocycles. The van der Waals surface area contributed by atoms with Gasteiger partial charge in [0, 0.05) is 19.8 Å². The van der Waals surface area contributed by atoms with E-state index in [2.05, 4.69) is 4.98 Å². The monoisotopic (exact) mass is 256 g/mol. The molecule has 0 fully saturated rings. The van der Waals surface area contributed by atoms with Crippen LogP contribution in [0.15, 0.2) is 48.8 Å². The maximum Gasteiger partial charge on any atom is 0.255 e. The Labute approximate surface area is 112 Å². The molecule has 0 aliphatic carbocycles. The van der Waals surface area contributed by atoms with Gasteiger partial charge in [0.2, 0.25) is 0 Å². The molecule has 98 valence electrons. The number of amides is 1. The lowest BCUT2D eigenvalue weighted by atomic mass is 10.1. The molecule has 0 aliphatic rings. The predicted molar refractivity (Wildman–Crippen MR) is 73.0 cm³/mol. The van der Waals surface area contributed by atoms with Gasteiger partial charge in [-0.05, 0) is 18.1 Å². The van der Waals surface area contributed by atoms with Crippen LogP contribution < -0.4 is 0 Å². The van der Waals surface area contributed by atoms with E-state index in [0.29, 0.717) is 12.1 Å². The van der Waals surface area contributed by atoms with Crippen LogP contribution in [0.25, 0.3) is 0 Å². The average Bonchev–Trinajstić information content (AvgIpc) is 2.45. The van der Waals surface area contributed by atoms with Gasteiger partial charge in [-0.15, -0.1) is 0 Å². The SMILES string of the molecule is CN(CCc1ccccc1)C(=O)c1cncc(O)c1. The van der Waals surface area contributed by atoms with E-state index in [-0.39, 0.29) is 11.7 Å². The molecule has 4 heteroatoms. The van der Waals surface area contributed by atoms with Crippen LogP contribution >= 0.6 is 0 Å². The maximum absolute atomic E-state index is 12.1. The number of pyridine rings is 1. The molecular formula is C15H16N2O2. The van der Waals surface area contributed by atoms with Crippen LogP contribution in [-0.2, 0) is 6.42 Å². The smallest absolute Gasteiger partial charge is 0.255 e. The highest BCUT2D eigenvalue weighted by molar-refractivity contribution is 5.94. The Hall–Kier alpha value is -2.36. The highest BCUT2D eigenvalue weighted by Crippen LogP contribution is 2.11. The number of likely N-dealkylation sites (N-methyl/N-ethyl adjacent to an activating group) is 1. The average molecular weight is 256 g/mol. The van der Waals surface area contributed by atoms with Crippen molar-refractivity contribution in [2.45, 2.75) is 6.42 Å². The van der Waals surface area contributed by atoms with Crippen molar-refractivity contribution in [2.24, 2.45) is 0 Å². The van der Waals surface area contributed by atoms with Crippen LogP contribution in [0.4, 0.5) is 0 Å². The number of carbonyl (C=O) groups excluding carboxylic acids is 1. The highest BCUT2D eigenvalue weighted by Gasteiger charge is 2.12. The minimum absolute atomic E-state index is 0.00214. The molecule has 2 rings (SSSR count). The third-order valence-electron chi connectivity index (χ3n) is 2.90. The van der Waals surface area contributed by atoms with Crippen LogP contribution in [-0.4, -0.2) is 34.5 Å². The topological polar surface area (TPSA) is 53.4 Å². The van der Waals surface area contributed by atoms with Gasteiger partial charge in [-0.2, -0.15) is 0 Å². The second kappa shape index (κ2) is 6.00. The number of rotatable bonds is 4. The number of benzene rings is 1. The van der Waals surface area contributed by atoms with E-state index in [1.54, 1.807) is 11.9 Å². The van der Waals surface area contributed by atoms with Crippen molar-refractivity contribution in [3.63, 3.8) is 0 Å². The number of hydrogen-bond donors (Lipinski definition) is 1. The summed E-state index contributed by atoms with van der Waals surface area (Å²) in [6.07, 6.45) is 3.57. The van der Waals surface area contributed by atoms with Crippen molar-refractivity contribution in [1.82, 2.24) is 9.88 Å². The van der Waals surface area contributed by atoms with Crippen LogP contribution in [0.1, 0.15) is 15.9 Å². The molecule has 1 amide bonds.